The molecule has 190 valence electrons. The second kappa shape index (κ2) is 11.3. The van der Waals surface area contributed by atoms with Crippen LogP contribution in [0.1, 0.15) is 36.2 Å². The Morgan fingerprint density at radius 1 is 1.06 bits per heavy atom. The first-order valence-corrected chi connectivity index (χ1v) is 14.4. The number of halogens is 2. The van der Waals surface area contributed by atoms with Gasteiger partial charge in [0, 0.05) is 34.4 Å². The Bertz CT molecular complexity index is 1340. The molecule has 3 aromatic rings. The molecule has 1 fully saturated rings. The minimum absolute atomic E-state index is 0.0788. The van der Waals surface area contributed by atoms with E-state index >= 15 is 0 Å². The van der Waals surface area contributed by atoms with E-state index in [1.165, 1.54) is 40.3 Å². The molecule has 0 aliphatic carbocycles. The van der Waals surface area contributed by atoms with Gasteiger partial charge in [-0.15, -0.1) is 0 Å². The van der Waals surface area contributed by atoms with E-state index in [0.717, 1.165) is 16.9 Å². The van der Waals surface area contributed by atoms with Gasteiger partial charge in [0.1, 0.15) is 5.82 Å². The van der Waals surface area contributed by atoms with Crippen LogP contribution in [-0.2, 0) is 16.6 Å². The highest BCUT2D eigenvalue weighted by Gasteiger charge is 2.32. The molecule has 9 heteroatoms. The fraction of sp³-hybridized carbons (Fsp3) is 0.296. The first kappa shape index (κ1) is 26.7. The molecule has 1 aliphatic heterocycles. The Hall–Kier alpha value is -2.39. The average molecular weight is 547 g/mol. The van der Waals surface area contributed by atoms with Gasteiger partial charge in [-0.2, -0.15) is 4.31 Å². The van der Waals surface area contributed by atoms with E-state index in [-0.39, 0.29) is 34.7 Å². The van der Waals surface area contributed by atoms with Crippen LogP contribution in [0.4, 0.5) is 4.39 Å². The predicted molar refractivity (Wildman–Crippen MR) is 141 cm³/mol. The summed E-state index contributed by atoms with van der Waals surface area (Å²) in [5, 5.41) is 3.39. The number of amides is 1. The van der Waals surface area contributed by atoms with Crippen LogP contribution in [-0.4, -0.2) is 31.7 Å². The fourth-order valence-electron chi connectivity index (χ4n) is 4.43. The van der Waals surface area contributed by atoms with Crippen LogP contribution in [0.25, 0.3) is 0 Å². The third-order valence-electron chi connectivity index (χ3n) is 6.11. The first-order valence-electron chi connectivity index (χ1n) is 11.7. The van der Waals surface area contributed by atoms with Gasteiger partial charge < -0.3 is 5.32 Å². The molecule has 0 aromatic heterocycles. The number of hydrogen-bond donors (Lipinski definition) is 1. The maximum atomic E-state index is 13.5. The van der Waals surface area contributed by atoms with Crippen LogP contribution >= 0.6 is 23.4 Å². The number of piperidine rings is 1. The van der Waals surface area contributed by atoms with Gasteiger partial charge in [0.2, 0.25) is 10.0 Å². The summed E-state index contributed by atoms with van der Waals surface area (Å²) in [7, 11) is -3.78. The Labute approximate surface area is 221 Å². The molecule has 0 bridgehead atoms. The summed E-state index contributed by atoms with van der Waals surface area (Å²) in [4.78, 5) is 14.7. The lowest BCUT2D eigenvalue weighted by molar-refractivity contribution is 0.0947. The zero-order valence-corrected chi connectivity index (χ0v) is 22.5. The van der Waals surface area contributed by atoms with Crippen molar-refractivity contribution in [1.29, 1.82) is 0 Å². The lowest BCUT2D eigenvalue weighted by Gasteiger charge is -2.34. The van der Waals surface area contributed by atoms with Gasteiger partial charge >= 0.3 is 0 Å². The summed E-state index contributed by atoms with van der Waals surface area (Å²) in [6.45, 7) is 5.19. The molecule has 4 rings (SSSR count). The summed E-state index contributed by atoms with van der Waals surface area (Å²) < 4.78 is 41.9. The smallest absolute Gasteiger partial charge is 0.252 e. The molecule has 1 amide bonds. The number of benzene rings is 3. The number of hydrogen-bond acceptors (Lipinski definition) is 4. The van der Waals surface area contributed by atoms with E-state index in [4.69, 9.17) is 11.6 Å². The molecular weight excluding hydrogens is 519 g/mol. The molecule has 1 N–H and O–H groups in total. The summed E-state index contributed by atoms with van der Waals surface area (Å²) in [6, 6.07) is 17.7. The maximum Gasteiger partial charge on any atom is 0.252 e. The Morgan fingerprint density at radius 3 is 2.39 bits per heavy atom. The number of sulfonamides is 1. The Balaban J connectivity index is 1.67. The first-order chi connectivity index (χ1) is 17.1. The standard InChI is InChI=1S/C27H28ClFN2O3S2/c1-18-13-19(2)17-31(16-18)36(33,34)23-11-12-26(35-22-9-7-21(29)8-10-22)24(14-23)27(32)30-15-20-5-3-4-6-25(20)28/h3-12,14,18-19H,13,15-17H2,1-2H3,(H,30,32)/t18-,19+. The molecule has 1 heterocycles. The van der Waals surface area contributed by atoms with E-state index in [1.54, 1.807) is 24.3 Å². The van der Waals surface area contributed by atoms with Crippen LogP contribution in [0.15, 0.2) is 81.4 Å². The largest absolute Gasteiger partial charge is 0.348 e. The molecule has 1 aliphatic rings. The van der Waals surface area contributed by atoms with Gasteiger partial charge in [0.05, 0.1) is 10.5 Å². The van der Waals surface area contributed by atoms with Crippen molar-refractivity contribution in [1.82, 2.24) is 9.62 Å². The Kier molecular flexibility index (Phi) is 8.40. The fourth-order valence-corrected chi connectivity index (χ4v) is 7.26. The van der Waals surface area contributed by atoms with Gasteiger partial charge in [-0.1, -0.05) is 55.4 Å². The quantitative estimate of drug-likeness (QED) is 0.381. The number of carbonyl (C=O) groups excluding carboxylic acids is 1. The molecule has 0 spiro atoms. The van der Waals surface area contributed by atoms with Crippen molar-refractivity contribution in [2.75, 3.05) is 13.1 Å². The van der Waals surface area contributed by atoms with Crippen LogP contribution < -0.4 is 5.32 Å². The van der Waals surface area contributed by atoms with Gasteiger partial charge in [-0.05, 0) is 72.4 Å². The minimum Gasteiger partial charge on any atom is -0.348 e. The second-order valence-corrected chi connectivity index (χ2v) is 12.7. The summed E-state index contributed by atoms with van der Waals surface area (Å²) in [5.41, 5.74) is 0.982. The highest BCUT2D eigenvalue weighted by molar-refractivity contribution is 7.99. The van der Waals surface area contributed by atoms with Gasteiger partial charge in [0.15, 0.2) is 0 Å². The summed E-state index contributed by atoms with van der Waals surface area (Å²) in [6.07, 6.45) is 0.981. The number of carbonyl (C=O) groups is 1. The SMILES string of the molecule is C[C@@H]1C[C@H](C)CN(S(=O)(=O)c2ccc(Sc3ccc(F)cc3)c(C(=O)NCc3ccccc3Cl)c2)C1. The monoisotopic (exact) mass is 546 g/mol. The lowest BCUT2D eigenvalue weighted by atomic mass is 9.94. The van der Waals surface area contributed by atoms with Crippen molar-refractivity contribution in [3.05, 3.63) is 88.7 Å². The zero-order chi connectivity index (χ0) is 25.9. The van der Waals surface area contributed by atoms with Crippen molar-refractivity contribution in [2.45, 2.75) is 41.5 Å². The molecule has 3 aromatic carbocycles. The van der Waals surface area contributed by atoms with Gasteiger partial charge in [-0.3, -0.25) is 4.79 Å². The molecule has 5 nitrogen and oxygen atoms in total. The van der Waals surface area contributed by atoms with Crippen molar-refractivity contribution in [2.24, 2.45) is 11.8 Å². The molecular formula is C27H28ClFN2O3S2. The molecule has 36 heavy (non-hydrogen) atoms. The number of rotatable bonds is 7. The third-order valence-corrected chi connectivity index (χ3v) is 9.39. The normalized spacial score (nSPS) is 18.7. The number of nitrogens with one attached hydrogen (secondary N) is 1. The van der Waals surface area contributed by atoms with Crippen molar-refractivity contribution in [3.63, 3.8) is 0 Å². The van der Waals surface area contributed by atoms with Crippen LogP contribution in [0.2, 0.25) is 5.02 Å². The van der Waals surface area contributed by atoms with Gasteiger partial charge in [0.25, 0.3) is 5.91 Å². The van der Waals surface area contributed by atoms with E-state index in [1.807, 2.05) is 32.0 Å². The van der Waals surface area contributed by atoms with E-state index in [2.05, 4.69) is 5.32 Å². The predicted octanol–water partition coefficient (Wildman–Crippen LogP) is 6.23. The molecule has 0 radical (unpaired) electrons. The second-order valence-electron chi connectivity index (χ2n) is 9.26. The third kappa shape index (κ3) is 6.29. The molecule has 2 atom stereocenters. The molecule has 0 unspecified atom stereocenters. The minimum atomic E-state index is -3.78. The van der Waals surface area contributed by atoms with Crippen LogP contribution in [0.3, 0.4) is 0 Å². The van der Waals surface area contributed by atoms with E-state index < -0.39 is 15.9 Å². The van der Waals surface area contributed by atoms with E-state index in [9.17, 15) is 17.6 Å². The Morgan fingerprint density at radius 2 is 1.72 bits per heavy atom. The van der Waals surface area contributed by atoms with Crippen molar-refractivity contribution in [3.8, 4) is 0 Å². The van der Waals surface area contributed by atoms with Crippen molar-refractivity contribution >= 4 is 39.3 Å². The lowest BCUT2D eigenvalue weighted by Crippen LogP contribution is -2.42. The topological polar surface area (TPSA) is 66.5 Å². The van der Waals surface area contributed by atoms with Gasteiger partial charge in [-0.25, -0.2) is 12.8 Å². The van der Waals surface area contributed by atoms with Crippen LogP contribution in [0.5, 0.6) is 0 Å². The summed E-state index contributed by atoms with van der Waals surface area (Å²) >= 11 is 7.50. The average Bonchev–Trinajstić information content (AvgIpc) is 2.84. The summed E-state index contributed by atoms with van der Waals surface area (Å²) in [5.74, 6) is -0.258. The highest BCUT2D eigenvalue weighted by atomic mass is 35.5. The van der Waals surface area contributed by atoms with Crippen LogP contribution in [0, 0.1) is 17.7 Å². The highest BCUT2D eigenvalue weighted by Crippen LogP contribution is 2.34. The van der Waals surface area contributed by atoms with Crippen molar-refractivity contribution < 1.29 is 17.6 Å². The molecule has 1 saturated heterocycles. The van der Waals surface area contributed by atoms with E-state index in [0.29, 0.717) is 23.0 Å². The maximum absolute atomic E-state index is 13.5. The number of nitrogens with zero attached hydrogens (tertiary/aromatic N) is 1. The zero-order valence-electron chi connectivity index (χ0n) is 20.1. The molecule has 0 saturated carbocycles.